The SMILES string of the molecule is CCC(=O)O.Oc1cccc([P+](O)(O)O)c1. The van der Waals surface area contributed by atoms with Gasteiger partial charge in [-0.3, -0.25) is 4.79 Å². The molecule has 0 unspecified atom stereocenters. The highest BCUT2D eigenvalue weighted by atomic mass is 31.2. The predicted octanol–water partition coefficient (Wildman–Crippen LogP) is 0.238. The molecule has 0 saturated carbocycles. The molecule has 0 bridgehead atoms. The predicted molar refractivity (Wildman–Crippen MR) is 59.2 cm³/mol. The third-order valence-electron chi connectivity index (χ3n) is 1.48. The Morgan fingerprint density at radius 2 is 1.81 bits per heavy atom. The van der Waals surface area contributed by atoms with Crippen LogP contribution in [0.1, 0.15) is 13.3 Å². The minimum atomic E-state index is -3.96. The van der Waals surface area contributed by atoms with E-state index in [0.29, 0.717) is 0 Å². The molecule has 0 aliphatic heterocycles. The van der Waals surface area contributed by atoms with Crippen molar-refractivity contribution in [3.8, 4) is 5.75 Å². The molecule has 1 rings (SSSR count). The second kappa shape index (κ2) is 6.40. The molecule has 0 fully saturated rings. The minimum Gasteiger partial charge on any atom is -0.508 e. The molecule has 5 N–H and O–H groups in total. The lowest BCUT2D eigenvalue weighted by Crippen LogP contribution is -2.08. The van der Waals surface area contributed by atoms with Crippen LogP contribution in [0.3, 0.4) is 0 Å². The monoisotopic (exact) mass is 249 g/mol. The number of rotatable bonds is 2. The first kappa shape index (κ1) is 14.8. The summed E-state index contributed by atoms with van der Waals surface area (Å²) in [4.78, 5) is 35.5. The van der Waals surface area contributed by atoms with Gasteiger partial charge in [0.1, 0.15) is 5.75 Å². The van der Waals surface area contributed by atoms with Gasteiger partial charge >= 0.3 is 13.9 Å². The molecular weight excluding hydrogens is 235 g/mol. The van der Waals surface area contributed by atoms with Gasteiger partial charge in [0.2, 0.25) is 0 Å². The highest BCUT2D eigenvalue weighted by Gasteiger charge is 2.33. The number of carboxylic acids is 1. The Balaban J connectivity index is 0.000000385. The Labute approximate surface area is 93.0 Å². The Morgan fingerprint density at radius 3 is 2.06 bits per heavy atom. The standard InChI is InChI=1S/C6H7O4P.C3H6O2/c7-5-2-1-3-6(4-5)11(8,9)10;1-2-3(4)5/h1-4,8-10H;2H2,1H3,(H,4,5)/p+1. The maximum atomic E-state index is 9.37. The number of hydrogen-bond donors (Lipinski definition) is 5. The van der Waals surface area contributed by atoms with Crippen LogP contribution in [0.15, 0.2) is 24.3 Å². The number of benzene rings is 1. The van der Waals surface area contributed by atoms with Crippen LogP contribution in [0.4, 0.5) is 0 Å². The van der Waals surface area contributed by atoms with Gasteiger partial charge in [0.05, 0.1) is 0 Å². The quantitative estimate of drug-likeness (QED) is 0.479. The largest absolute Gasteiger partial charge is 0.508 e. The molecule has 7 heteroatoms. The molecule has 0 spiro atoms. The molecular formula is C9H14O6P+. The highest BCUT2D eigenvalue weighted by molar-refractivity contribution is 7.66. The normalized spacial score (nSPS) is 10.2. The van der Waals surface area contributed by atoms with Crippen LogP contribution in [-0.4, -0.2) is 30.9 Å². The van der Waals surface area contributed by atoms with E-state index in [1.807, 2.05) is 0 Å². The lowest BCUT2D eigenvalue weighted by atomic mass is 10.3. The lowest BCUT2D eigenvalue weighted by Gasteiger charge is -2.02. The van der Waals surface area contributed by atoms with Crippen LogP contribution in [0.5, 0.6) is 5.75 Å². The molecule has 1 aromatic carbocycles. The van der Waals surface area contributed by atoms with Gasteiger partial charge in [0, 0.05) is 12.5 Å². The molecule has 90 valence electrons. The molecule has 0 aromatic heterocycles. The molecule has 0 aliphatic rings. The number of carboxylic acid groups (broad SMARTS) is 1. The Hall–Kier alpha value is -1.20. The van der Waals surface area contributed by atoms with Gasteiger partial charge in [-0.1, -0.05) is 13.0 Å². The Morgan fingerprint density at radius 1 is 1.31 bits per heavy atom. The van der Waals surface area contributed by atoms with Crippen molar-refractivity contribution in [1.29, 1.82) is 0 Å². The van der Waals surface area contributed by atoms with Gasteiger partial charge in [0.15, 0.2) is 5.30 Å². The molecule has 1 aromatic rings. The average Bonchev–Trinajstić information content (AvgIpc) is 2.17. The van der Waals surface area contributed by atoms with Gasteiger partial charge in [-0.2, -0.15) is 14.7 Å². The van der Waals surface area contributed by atoms with Crippen molar-refractivity contribution in [3.63, 3.8) is 0 Å². The Bertz CT molecular complexity index is 346. The average molecular weight is 249 g/mol. The fraction of sp³-hybridized carbons (Fsp3) is 0.222. The van der Waals surface area contributed by atoms with Gasteiger partial charge < -0.3 is 10.2 Å². The van der Waals surface area contributed by atoms with Gasteiger partial charge in [-0.15, -0.1) is 0 Å². The number of hydrogen-bond acceptors (Lipinski definition) is 5. The van der Waals surface area contributed by atoms with Crippen molar-refractivity contribution in [2.45, 2.75) is 13.3 Å². The zero-order chi connectivity index (χ0) is 12.8. The Kier molecular flexibility index (Phi) is 5.92. The topological polar surface area (TPSA) is 118 Å². The summed E-state index contributed by atoms with van der Waals surface area (Å²) in [6.45, 7) is 1.60. The molecule has 0 saturated heterocycles. The number of phenolic OH excluding ortho intramolecular Hbond substituents is 1. The zero-order valence-corrected chi connectivity index (χ0v) is 9.50. The van der Waals surface area contributed by atoms with E-state index in [1.54, 1.807) is 6.92 Å². The number of carbonyl (C=O) groups is 1. The molecule has 16 heavy (non-hydrogen) atoms. The summed E-state index contributed by atoms with van der Waals surface area (Å²) in [6, 6.07) is 5.22. The molecule has 6 nitrogen and oxygen atoms in total. The first-order valence-electron chi connectivity index (χ1n) is 4.36. The van der Waals surface area contributed by atoms with Crippen molar-refractivity contribution in [2.75, 3.05) is 0 Å². The summed E-state index contributed by atoms with van der Waals surface area (Å²) in [5.74, 6) is -0.853. The van der Waals surface area contributed by atoms with E-state index in [4.69, 9.17) is 24.9 Å². The van der Waals surface area contributed by atoms with E-state index in [2.05, 4.69) is 0 Å². The summed E-state index contributed by atoms with van der Waals surface area (Å²) in [6.07, 6.45) is 0.222. The fourth-order valence-electron chi connectivity index (χ4n) is 0.680. The minimum absolute atomic E-state index is 0.0579. The van der Waals surface area contributed by atoms with E-state index in [1.165, 1.54) is 18.2 Å². The third-order valence-corrected chi connectivity index (χ3v) is 2.45. The van der Waals surface area contributed by atoms with Crippen LogP contribution in [0.25, 0.3) is 0 Å². The van der Waals surface area contributed by atoms with Crippen LogP contribution in [0.2, 0.25) is 0 Å². The number of aliphatic carboxylic acids is 1. The van der Waals surface area contributed by atoms with E-state index in [9.17, 15) is 4.79 Å². The van der Waals surface area contributed by atoms with Crippen molar-refractivity contribution in [2.24, 2.45) is 0 Å². The summed E-state index contributed by atoms with van der Waals surface area (Å²) in [5, 5.41) is 16.5. The number of aromatic hydroxyl groups is 1. The van der Waals surface area contributed by atoms with E-state index in [-0.39, 0.29) is 17.5 Å². The second-order valence-electron chi connectivity index (χ2n) is 2.84. The third kappa shape index (κ3) is 6.31. The summed E-state index contributed by atoms with van der Waals surface area (Å²) in [7, 11) is -3.96. The zero-order valence-electron chi connectivity index (χ0n) is 8.61. The summed E-state index contributed by atoms with van der Waals surface area (Å²) < 4.78 is 0. The van der Waals surface area contributed by atoms with Gasteiger partial charge in [-0.25, -0.2) is 0 Å². The van der Waals surface area contributed by atoms with Crippen LogP contribution >= 0.6 is 7.94 Å². The molecule has 0 heterocycles. The molecule has 0 amide bonds. The van der Waals surface area contributed by atoms with Crippen molar-refractivity contribution < 1.29 is 29.7 Å². The first-order valence-corrected chi connectivity index (χ1v) is 6.00. The van der Waals surface area contributed by atoms with Crippen molar-refractivity contribution in [3.05, 3.63) is 24.3 Å². The lowest BCUT2D eigenvalue weighted by molar-refractivity contribution is -0.136. The maximum absolute atomic E-state index is 9.37. The fourth-order valence-corrected chi connectivity index (χ4v) is 1.27. The van der Waals surface area contributed by atoms with Crippen LogP contribution < -0.4 is 5.30 Å². The van der Waals surface area contributed by atoms with E-state index >= 15 is 0 Å². The summed E-state index contributed by atoms with van der Waals surface area (Å²) in [5.41, 5.74) is 0. The molecule has 0 atom stereocenters. The highest BCUT2D eigenvalue weighted by Crippen LogP contribution is 2.43. The van der Waals surface area contributed by atoms with Crippen LogP contribution in [0, 0.1) is 0 Å². The van der Waals surface area contributed by atoms with Crippen LogP contribution in [-0.2, 0) is 4.79 Å². The number of phenols is 1. The van der Waals surface area contributed by atoms with E-state index < -0.39 is 13.9 Å². The molecule has 0 aliphatic carbocycles. The smallest absolute Gasteiger partial charge is 0.441 e. The van der Waals surface area contributed by atoms with Crippen molar-refractivity contribution in [1.82, 2.24) is 0 Å². The summed E-state index contributed by atoms with van der Waals surface area (Å²) >= 11 is 0. The van der Waals surface area contributed by atoms with E-state index in [0.717, 1.165) is 6.07 Å². The second-order valence-corrected chi connectivity index (χ2v) is 4.49. The first-order chi connectivity index (χ1) is 7.27. The molecule has 0 radical (unpaired) electrons. The van der Waals surface area contributed by atoms with Crippen molar-refractivity contribution >= 4 is 19.2 Å². The van der Waals surface area contributed by atoms with Gasteiger partial charge in [0.25, 0.3) is 0 Å². The maximum Gasteiger partial charge on any atom is 0.441 e. The van der Waals surface area contributed by atoms with Gasteiger partial charge in [-0.05, 0) is 12.1 Å².